The Morgan fingerprint density at radius 2 is 1.50 bits per heavy atom. The molecule has 1 aliphatic rings. The van der Waals surface area contributed by atoms with Crippen LogP contribution >= 0.6 is 0 Å². The highest BCUT2D eigenvalue weighted by Gasteiger charge is 2.29. The highest BCUT2D eigenvalue weighted by atomic mass is 15.1. The molecule has 0 aliphatic heterocycles. The van der Waals surface area contributed by atoms with E-state index in [9.17, 15) is 0 Å². The maximum atomic E-state index is 3.88. The molecule has 1 aliphatic carbocycles. The zero-order chi connectivity index (χ0) is 19.3. The van der Waals surface area contributed by atoms with Gasteiger partial charge in [-0.15, -0.1) is 0 Å². The first-order valence-electron chi connectivity index (χ1n) is 10.3. The predicted molar refractivity (Wildman–Crippen MR) is 118 cm³/mol. The fourth-order valence-corrected chi connectivity index (χ4v) is 4.44. The molecule has 0 amide bonds. The fourth-order valence-electron chi connectivity index (χ4n) is 4.44. The maximum Gasteiger partial charge on any atom is 0.0366 e. The van der Waals surface area contributed by atoms with Gasteiger partial charge in [0.15, 0.2) is 0 Å². The largest absolute Gasteiger partial charge is 0.309 e. The molecule has 2 nitrogen and oxygen atoms in total. The van der Waals surface area contributed by atoms with Gasteiger partial charge in [0.25, 0.3) is 0 Å². The summed E-state index contributed by atoms with van der Waals surface area (Å²) in [7, 11) is 4.36. The SMILES string of the molecule is CN(C)CC1CCc2ccccc2C1NCc1ccc(-c2ccccc2)cc1. The summed E-state index contributed by atoms with van der Waals surface area (Å²) < 4.78 is 0. The van der Waals surface area contributed by atoms with E-state index in [4.69, 9.17) is 0 Å². The second-order valence-corrected chi connectivity index (χ2v) is 8.18. The van der Waals surface area contributed by atoms with E-state index in [1.807, 2.05) is 0 Å². The maximum absolute atomic E-state index is 3.88. The smallest absolute Gasteiger partial charge is 0.0366 e. The van der Waals surface area contributed by atoms with Gasteiger partial charge in [-0.2, -0.15) is 0 Å². The molecule has 0 heterocycles. The molecule has 144 valence electrons. The van der Waals surface area contributed by atoms with Gasteiger partial charge >= 0.3 is 0 Å². The lowest BCUT2D eigenvalue weighted by Gasteiger charge is -2.36. The van der Waals surface area contributed by atoms with Gasteiger partial charge in [-0.1, -0.05) is 78.9 Å². The summed E-state index contributed by atoms with van der Waals surface area (Å²) >= 11 is 0. The predicted octanol–water partition coefficient (Wildman–Crippen LogP) is 5.31. The van der Waals surface area contributed by atoms with Gasteiger partial charge in [-0.05, 0) is 60.7 Å². The van der Waals surface area contributed by atoms with E-state index in [0.717, 1.165) is 13.1 Å². The molecule has 0 radical (unpaired) electrons. The average Bonchev–Trinajstić information content (AvgIpc) is 2.73. The summed E-state index contributed by atoms with van der Waals surface area (Å²) in [4.78, 5) is 2.32. The molecule has 0 aromatic heterocycles. The van der Waals surface area contributed by atoms with Gasteiger partial charge in [0.05, 0.1) is 0 Å². The third-order valence-electron chi connectivity index (χ3n) is 5.83. The standard InChI is InChI=1S/C26H30N2/c1-28(2)19-24-17-16-23-10-6-7-11-25(23)26(24)27-18-20-12-14-22(15-13-20)21-8-4-3-5-9-21/h3-15,24,26-27H,16-19H2,1-2H3. The van der Waals surface area contributed by atoms with Crippen molar-refractivity contribution >= 4 is 0 Å². The lowest BCUT2D eigenvalue weighted by molar-refractivity contribution is 0.240. The van der Waals surface area contributed by atoms with Crippen molar-refractivity contribution < 1.29 is 0 Å². The molecule has 0 fully saturated rings. The molecule has 0 spiro atoms. The number of aryl methyl sites for hydroxylation is 1. The number of fused-ring (bicyclic) bond motifs is 1. The van der Waals surface area contributed by atoms with E-state index in [1.165, 1.54) is 40.7 Å². The Bertz CT molecular complexity index is 884. The third kappa shape index (κ3) is 4.35. The van der Waals surface area contributed by atoms with Crippen LogP contribution in [0.1, 0.15) is 29.2 Å². The molecule has 0 saturated heterocycles. The zero-order valence-electron chi connectivity index (χ0n) is 16.9. The highest BCUT2D eigenvalue weighted by Crippen LogP contribution is 2.35. The van der Waals surface area contributed by atoms with Crippen molar-refractivity contribution in [2.24, 2.45) is 5.92 Å². The van der Waals surface area contributed by atoms with Crippen LogP contribution in [-0.4, -0.2) is 25.5 Å². The Labute approximate surface area is 169 Å². The number of rotatable bonds is 6. The second kappa shape index (κ2) is 8.72. The number of nitrogens with zero attached hydrogens (tertiary/aromatic N) is 1. The summed E-state index contributed by atoms with van der Waals surface area (Å²) in [6.07, 6.45) is 2.44. The summed E-state index contributed by atoms with van der Waals surface area (Å²) in [5.74, 6) is 0.647. The average molecular weight is 371 g/mol. The van der Waals surface area contributed by atoms with Crippen molar-refractivity contribution in [3.63, 3.8) is 0 Å². The quantitative estimate of drug-likeness (QED) is 0.633. The minimum Gasteiger partial charge on any atom is -0.309 e. The molecule has 28 heavy (non-hydrogen) atoms. The van der Waals surface area contributed by atoms with Gasteiger partial charge in [-0.25, -0.2) is 0 Å². The summed E-state index contributed by atoms with van der Waals surface area (Å²) in [6, 6.07) is 28.9. The first-order valence-corrected chi connectivity index (χ1v) is 10.3. The summed E-state index contributed by atoms with van der Waals surface area (Å²) in [6.45, 7) is 2.02. The number of benzene rings is 3. The second-order valence-electron chi connectivity index (χ2n) is 8.18. The molecule has 0 saturated carbocycles. The molecular weight excluding hydrogens is 340 g/mol. The van der Waals surface area contributed by atoms with Crippen LogP contribution in [0.3, 0.4) is 0 Å². The first kappa shape index (κ1) is 18.9. The monoisotopic (exact) mass is 370 g/mol. The topological polar surface area (TPSA) is 15.3 Å². The van der Waals surface area contributed by atoms with Gasteiger partial charge in [0, 0.05) is 19.1 Å². The van der Waals surface area contributed by atoms with Crippen LogP contribution in [-0.2, 0) is 13.0 Å². The Hall–Kier alpha value is -2.42. The molecule has 0 bridgehead atoms. The molecule has 1 N–H and O–H groups in total. The van der Waals surface area contributed by atoms with Crippen molar-refractivity contribution in [1.29, 1.82) is 0 Å². The van der Waals surface area contributed by atoms with Crippen LogP contribution in [0.2, 0.25) is 0 Å². The molecule has 4 rings (SSSR count). The first-order chi connectivity index (χ1) is 13.7. The Morgan fingerprint density at radius 3 is 2.25 bits per heavy atom. The van der Waals surface area contributed by atoms with Crippen molar-refractivity contribution in [1.82, 2.24) is 10.2 Å². The van der Waals surface area contributed by atoms with E-state index in [-0.39, 0.29) is 0 Å². The normalized spacial score (nSPS) is 18.8. The van der Waals surface area contributed by atoms with E-state index in [1.54, 1.807) is 0 Å². The van der Waals surface area contributed by atoms with Crippen LogP contribution in [0, 0.1) is 5.92 Å². The van der Waals surface area contributed by atoms with Crippen molar-refractivity contribution in [3.05, 3.63) is 95.6 Å². The highest BCUT2D eigenvalue weighted by molar-refractivity contribution is 5.63. The number of hydrogen-bond acceptors (Lipinski definition) is 2. The van der Waals surface area contributed by atoms with Crippen LogP contribution in [0.5, 0.6) is 0 Å². The minimum atomic E-state index is 0.418. The lowest BCUT2D eigenvalue weighted by Crippen LogP contribution is -2.37. The molecule has 2 unspecified atom stereocenters. The van der Waals surface area contributed by atoms with E-state index in [0.29, 0.717) is 12.0 Å². The Morgan fingerprint density at radius 1 is 0.821 bits per heavy atom. The molecule has 2 atom stereocenters. The van der Waals surface area contributed by atoms with E-state index >= 15 is 0 Å². The number of hydrogen-bond donors (Lipinski definition) is 1. The summed E-state index contributed by atoms with van der Waals surface area (Å²) in [5.41, 5.74) is 6.88. The van der Waals surface area contributed by atoms with E-state index in [2.05, 4.69) is 103 Å². The third-order valence-corrected chi connectivity index (χ3v) is 5.83. The summed E-state index contributed by atoms with van der Waals surface area (Å²) in [5, 5.41) is 3.88. The van der Waals surface area contributed by atoms with Crippen molar-refractivity contribution in [2.75, 3.05) is 20.6 Å². The molecule has 3 aromatic rings. The molecule has 3 aromatic carbocycles. The Balaban J connectivity index is 1.49. The van der Waals surface area contributed by atoms with Crippen LogP contribution < -0.4 is 5.32 Å². The van der Waals surface area contributed by atoms with Gasteiger partial charge in [0.1, 0.15) is 0 Å². The van der Waals surface area contributed by atoms with Crippen LogP contribution in [0.4, 0.5) is 0 Å². The van der Waals surface area contributed by atoms with Gasteiger partial charge < -0.3 is 10.2 Å². The lowest BCUT2D eigenvalue weighted by atomic mass is 9.79. The van der Waals surface area contributed by atoms with Crippen LogP contribution in [0.15, 0.2) is 78.9 Å². The zero-order valence-corrected chi connectivity index (χ0v) is 16.9. The molecular formula is C26H30N2. The molecule has 2 heteroatoms. The van der Waals surface area contributed by atoms with Crippen molar-refractivity contribution in [3.8, 4) is 11.1 Å². The van der Waals surface area contributed by atoms with Gasteiger partial charge in [-0.3, -0.25) is 0 Å². The van der Waals surface area contributed by atoms with E-state index < -0.39 is 0 Å². The fraction of sp³-hybridized carbons (Fsp3) is 0.308. The van der Waals surface area contributed by atoms with Crippen LogP contribution in [0.25, 0.3) is 11.1 Å². The van der Waals surface area contributed by atoms with Crippen molar-refractivity contribution in [2.45, 2.75) is 25.4 Å². The van der Waals surface area contributed by atoms with Gasteiger partial charge in [0.2, 0.25) is 0 Å². The minimum absolute atomic E-state index is 0.418. The Kier molecular flexibility index (Phi) is 5.90. The number of nitrogens with one attached hydrogen (secondary N) is 1.